The fourth-order valence-corrected chi connectivity index (χ4v) is 10.9. The maximum atomic E-state index is 13.0. The van der Waals surface area contributed by atoms with E-state index in [0.717, 1.165) is 108 Å². The lowest BCUT2D eigenvalue weighted by Crippen LogP contribution is -2.30. The Morgan fingerprint density at radius 2 is 0.622 bits per heavy atom. The van der Waals surface area contributed by atoms with Gasteiger partial charge in [-0.25, -0.2) is 9.13 Å². The molecule has 0 aromatic rings. The zero-order valence-electron chi connectivity index (χ0n) is 52.8. The van der Waals surface area contributed by atoms with Crippen molar-refractivity contribution in [2.75, 3.05) is 39.6 Å². The molecule has 3 unspecified atom stereocenters. The molecule has 19 heteroatoms. The first-order valence-electron chi connectivity index (χ1n) is 33.0. The molecule has 0 aliphatic rings. The van der Waals surface area contributed by atoms with Gasteiger partial charge in [-0.05, 0) is 37.5 Å². The van der Waals surface area contributed by atoms with Crippen LogP contribution in [0.1, 0.15) is 311 Å². The van der Waals surface area contributed by atoms with Gasteiger partial charge >= 0.3 is 39.5 Å². The highest BCUT2D eigenvalue weighted by Crippen LogP contribution is 2.45. The molecular weight excluding hydrogens is 1090 g/mol. The van der Waals surface area contributed by atoms with Gasteiger partial charge in [-0.15, -0.1) is 0 Å². The number of hydrogen-bond donors (Lipinski definition) is 3. The molecule has 0 aromatic heterocycles. The molecule has 0 aliphatic heterocycles. The summed E-state index contributed by atoms with van der Waals surface area (Å²) in [5.41, 5.74) is 0. The van der Waals surface area contributed by atoms with Gasteiger partial charge in [0.2, 0.25) is 0 Å². The van der Waals surface area contributed by atoms with Crippen molar-refractivity contribution >= 4 is 39.5 Å². The Hall–Kier alpha value is -1.94. The monoisotopic (exact) mass is 1210 g/mol. The Bertz CT molecular complexity index is 1620. The molecule has 0 spiro atoms. The summed E-state index contributed by atoms with van der Waals surface area (Å²) in [7, 11) is -9.88. The molecule has 82 heavy (non-hydrogen) atoms. The third-order valence-electron chi connectivity index (χ3n) is 14.8. The predicted octanol–water partition coefficient (Wildman–Crippen LogP) is 17.3. The van der Waals surface area contributed by atoms with Crippen LogP contribution in [-0.2, 0) is 65.4 Å². The summed E-state index contributed by atoms with van der Waals surface area (Å²) in [6, 6.07) is 0. The lowest BCUT2D eigenvalue weighted by Gasteiger charge is -2.21. The second-order valence-electron chi connectivity index (χ2n) is 23.5. The summed E-state index contributed by atoms with van der Waals surface area (Å²) in [5, 5.41) is 10.5. The minimum absolute atomic E-state index is 0.103. The van der Waals surface area contributed by atoms with Gasteiger partial charge in [0.05, 0.1) is 26.4 Å². The minimum atomic E-state index is -4.94. The largest absolute Gasteiger partial charge is 0.472 e. The molecule has 0 radical (unpaired) electrons. The van der Waals surface area contributed by atoms with E-state index >= 15 is 0 Å². The molecule has 0 aromatic carbocycles. The Kier molecular flexibility index (Phi) is 54.3. The van der Waals surface area contributed by atoms with Gasteiger partial charge in [-0.2, -0.15) is 0 Å². The smallest absolute Gasteiger partial charge is 0.462 e. The first-order chi connectivity index (χ1) is 39.4. The van der Waals surface area contributed by atoms with Gasteiger partial charge in [-0.3, -0.25) is 37.3 Å². The zero-order chi connectivity index (χ0) is 60.8. The number of ether oxygens (including phenoxy) is 4. The van der Waals surface area contributed by atoms with E-state index in [1.165, 1.54) is 122 Å². The molecule has 17 nitrogen and oxygen atoms in total. The van der Waals surface area contributed by atoms with E-state index < -0.39 is 97.5 Å². The number of phosphoric ester groups is 2. The fraction of sp³-hybridized carbons (Fsp3) is 0.937. The maximum Gasteiger partial charge on any atom is 0.472 e. The molecule has 486 valence electrons. The van der Waals surface area contributed by atoms with Crippen molar-refractivity contribution < 1.29 is 80.2 Å². The molecule has 0 fully saturated rings. The molecular formula is C63H122O17P2. The van der Waals surface area contributed by atoms with E-state index in [0.29, 0.717) is 25.7 Å². The average molecular weight is 1210 g/mol. The molecule has 0 aliphatic carbocycles. The van der Waals surface area contributed by atoms with Crippen molar-refractivity contribution in [3.8, 4) is 0 Å². The van der Waals surface area contributed by atoms with E-state index in [-0.39, 0.29) is 25.7 Å². The van der Waals surface area contributed by atoms with E-state index in [2.05, 4.69) is 41.5 Å². The van der Waals surface area contributed by atoms with Crippen molar-refractivity contribution in [3.63, 3.8) is 0 Å². The first kappa shape index (κ1) is 80.1. The number of aliphatic hydroxyl groups is 1. The van der Waals surface area contributed by atoms with Gasteiger partial charge in [0.15, 0.2) is 12.2 Å². The van der Waals surface area contributed by atoms with Crippen LogP contribution in [0.5, 0.6) is 0 Å². The molecule has 3 N–H and O–H groups in total. The standard InChI is InChI=1S/C63H122O17P2/c1-7-10-12-14-15-16-17-18-22-28-34-40-46-61(66)74-52-59(80-62(67)47-41-35-29-23-20-19-21-27-33-38-44-56(6)9-3)54-78-82(71,72)76-50-57(64)49-75-81(69,70)77-53-58(51-73-60(65)45-39-31-13-11-8-2)79-63(68)48-42-36-30-25-24-26-32-37-43-55(4)5/h55-59,64H,7-54H2,1-6H3,(H,69,70)(H,71,72)/t56?,57-,58+,59+/m0/s1. The number of unbranched alkanes of at least 4 members (excludes halogenated alkanes) is 31. The van der Waals surface area contributed by atoms with Gasteiger partial charge in [-0.1, -0.05) is 260 Å². The molecule has 0 rings (SSSR count). The molecule has 6 atom stereocenters. The lowest BCUT2D eigenvalue weighted by molar-refractivity contribution is -0.161. The first-order valence-corrected chi connectivity index (χ1v) is 36.0. The van der Waals surface area contributed by atoms with E-state index in [1.807, 2.05) is 0 Å². The zero-order valence-corrected chi connectivity index (χ0v) is 54.6. The summed E-state index contributed by atoms with van der Waals surface area (Å²) in [5.74, 6) is -0.624. The predicted molar refractivity (Wildman–Crippen MR) is 326 cm³/mol. The number of carbonyl (C=O) groups is 4. The maximum absolute atomic E-state index is 13.0. The highest BCUT2D eigenvalue weighted by Gasteiger charge is 2.30. The minimum Gasteiger partial charge on any atom is -0.462 e. The third kappa shape index (κ3) is 55.9. The van der Waals surface area contributed by atoms with Crippen molar-refractivity contribution in [1.82, 2.24) is 0 Å². The van der Waals surface area contributed by atoms with Crippen molar-refractivity contribution in [3.05, 3.63) is 0 Å². The van der Waals surface area contributed by atoms with Crippen LogP contribution in [0.25, 0.3) is 0 Å². The van der Waals surface area contributed by atoms with Gasteiger partial charge in [0.1, 0.15) is 19.3 Å². The second kappa shape index (κ2) is 55.6. The van der Waals surface area contributed by atoms with Crippen LogP contribution in [0.15, 0.2) is 0 Å². The lowest BCUT2D eigenvalue weighted by atomic mass is 9.99. The van der Waals surface area contributed by atoms with Crippen LogP contribution < -0.4 is 0 Å². The number of phosphoric acid groups is 2. The number of rotatable bonds is 62. The van der Waals surface area contributed by atoms with Crippen molar-refractivity contribution in [1.29, 1.82) is 0 Å². The quantitative estimate of drug-likeness (QED) is 0.0222. The van der Waals surface area contributed by atoms with Crippen LogP contribution in [0, 0.1) is 11.8 Å². The second-order valence-corrected chi connectivity index (χ2v) is 26.4. The summed E-state index contributed by atoms with van der Waals surface area (Å²) in [6.07, 6.45) is 37.8. The van der Waals surface area contributed by atoms with Crippen LogP contribution >= 0.6 is 15.6 Å². The Morgan fingerprint density at radius 3 is 0.927 bits per heavy atom. The number of hydrogen-bond acceptors (Lipinski definition) is 15. The average Bonchev–Trinajstić information content (AvgIpc) is 3.44. The highest BCUT2D eigenvalue weighted by molar-refractivity contribution is 7.47. The van der Waals surface area contributed by atoms with Crippen LogP contribution in [-0.4, -0.2) is 96.7 Å². The summed E-state index contributed by atoms with van der Waals surface area (Å²) in [4.78, 5) is 71.9. The molecule has 0 saturated heterocycles. The van der Waals surface area contributed by atoms with Crippen molar-refractivity contribution in [2.24, 2.45) is 11.8 Å². The van der Waals surface area contributed by atoms with Gasteiger partial charge in [0.25, 0.3) is 0 Å². The molecule has 0 bridgehead atoms. The van der Waals surface area contributed by atoms with Crippen LogP contribution in [0.2, 0.25) is 0 Å². The van der Waals surface area contributed by atoms with E-state index in [4.69, 9.17) is 37.0 Å². The third-order valence-corrected chi connectivity index (χ3v) is 16.7. The van der Waals surface area contributed by atoms with Gasteiger partial charge < -0.3 is 33.8 Å². The Labute approximate surface area is 498 Å². The highest BCUT2D eigenvalue weighted by atomic mass is 31.2. The molecule has 0 saturated carbocycles. The van der Waals surface area contributed by atoms with Crippen molar-refractivity contribution in [2.45, 2.75) is 330 Å². The SMILES string of the molecule is CCCCCCCCCCCCCCC(=O)OC[C@H](COP(=O)(O)OC[C@@H](O)COP(=O)(O)OC[C@@H](COC(=O)CCCCCCC)OC(=O)CCCCCCCCCCC(C)C)OC(=O)CCCCCCCCCCCCC(C)CC. The normalized spacial score (nSPS) is 14.7. The Morgan fingerprint density at radius 1 is 0.354 bits per heavy atom. The van der Waals surface area contributed by atoms with Crippen LogP contribution in [0.4, 0.5) is 0 Å². The topological polar surface area (TPSA) is 237 Å². The van der Waals surface area contributed by atoms with E-state index in [1.54, 1.807) is 0 Å². The fourth-order valence-electron chi connectivity index (χ4n) is 9.32. The van der Waals surface area contributed by atoms with Crippen LogP contribution in [0.3, 0.4) is 0 Å². The van der Waals surface area contributed by atoms with Gasteiger partial charge in [0, 0.05) is 25.7 Å². The number of carbonyl (C=O) groups excluding carboxylic acids is 4. The molecule has 0 amide bonds. The summed E-state index contributed by atoms with van der Waals surface area (Å²) < 4.78 is 67.8. The number of aliphatic hydroxyl groups excluding tert-OH is 1. The Balaban J connectivity index is 5.19. The molecule has 0 heterocycles. The number of esters is 4. The van der Waals surface area contributed by atoms with E-state index in [9.17, 15) is 43.2 Å². The summed E-state index contributed by atoms with van der Waals surface area (Å²) in [6.45, 7) is 9.38. The summed E-state index contributed by atoms with van der Waals surface area (Å²) >= 11 is 0.